The minimum absolute atomic E-state index is 0.0311. The standard InChI is InChI=1S/C22H25N3O2/c1-13-8-9-18-17(11-13)21(15(3)16(4)23-18)22(26)25-10-6-5-7-20(25)19-12-14(2)27-24-19/h8-9,11-12,20H,5-7,10H2,1-4H3/t20-/m1/s1. The Morgan fingerprint density at radius 2 is 1.96 bits per heavy atom. The van der Waals surface area contributed by atoms with Crippen LogP contribution in [0.2, 0.25) is 0 Å². The molecule has 5 nitrogen and oxygen atoms in total. The van der Waals surface area contributed by atoms with Crippen molar-refractivity contribution in [2.75, 3.05) is 6.54 Å². The van der Waals surface area contributed by atoms with E-state index in [1.54, 1.807) is 0 Å². The lowest BCUT2D eigenvalue weighted by atomic mass is 9.94. The summed E-state index contributed by atoms with van der Waals surface area (Å²) in [7, 11) is 0. The molecular weight excluding hydrogens is 338 g/mol. The first-order valence-electron chi connectivity index (χ1n) is 9.57. The number of hydrogen-bond acceptors (Lipinski definition) is 4. The number of hydrogen-bond donors (Lipinski definition) is 0. The molecule has 2 aromatic heterocycles. The lowest BCUT2D eigenvalue weighted by molar-refractivity contribution is 0.0603. The van der Waals surface area contributed by atoms with Crippen LogP contribution < -0.4 is 0 Å². The molecule has 0 unspecified atom stereocenters. The summed E-state index contributed by atoms with van der Waals surface area (Å²) in [6.45, 7) is 8.64. The molecule has 0 N–H and O–H groups in total. The molecule has 0 aliphatic carbocycles. The summed E-state index contributed by atoms with van der Waals surface area (Å²) in [4.78, 5) is 20.4. The summed E-state index contributed by atoms with van der Waals surface area (Å²) in [5.41, 5.74) is 5.49. The third-order valence-electron chi connectivity index (χ3n) is 5.59. The van der Waals surface area contributed by atoms with Gasteiger partial charge in [0.1, 0.15) is 11.5 Å². The fourth-order valence-corrected chi connectivity index (χ4v) is 4.04. The summed E-state index contributed by atoms with van der Waals surface area (Å²) in [5.74, 6) is 0.846. The Labute approximate surface area is 159 Å². The highest BCUT2D eigenvalue weighted by atomic mass is 16.5. The third kappa shape index (κ3) is 3.11. The molecule has 4 rings (SSSR count). The van der Waals surface area contributed by atoms with Crippen molar-refractivity contribution in [3.63, 3.8) is 0 Å². The number of aryl methyl sites for hydroxylation is 3. The normalized spacial score (nSPS) is 17.5. The molecule has 1 saturated heterocycles. The lowest BCUT2D eigenvalue weighted by Crippen LogP contribution is -2.39. The highest BCUT2D eigenvalue weighted by Crippen LogP contribution is 2.34. The van der Waals surface area contributed by atoms with Crippen LogP contribution in [0.1, 0.15) is 63.9 Å². The van der Waals surface area contributed by atoms with E-state index in [4.69, 9.17) is 4.52 Å². The lowest BCUT2D eigenvalue weighted by Gasteiger charge is -2.35. The molecule has 140 valence electrons. The predicted molar refractivity (Wildman–Crippen MR) is 105 cm³/mol. The van der Waals surface area contributed by atoms with E-state index in [1.807, 2.05) is 50.8 Å². The van der Waals surface area contributed by atoms with E-state index in [0.29, 0.717) is 0 Å². The van der Waals surface area contributed by atoms with Gasteiger partial charge in [-0.2, -0.15) is 0 Å². The molecule has 1 atom stereocenters. The summed E-state index contributed by atoms with van der Waals surface area (Å²) >= 11 is 0. The first-order chi connectivity index (χ1) is 13.0. The van der Waals surface area contributed by atoms with Crippen molar-refractivity contribution in [1.82, 2.24) is 15.0 Å². The maximum atomic E-state index is 13.7. The molecule has 1 aliphatic heterocycles. The Bertz CT molecular complexity index is 1020. The number of aromatic nitrogens is 2. The second kappa shape index (κ2) is 6.80. The van der Waals surface area contributed by atoms with Crippen LogP contribution in [0.15, 0.2) is 28.8 Å². The number of carbonyl (C=O) groups is 1. The number of nitrogens with zero attached hydrogens (tertiary/aromatic N) is 3. The Hall–Kier alpha value is -2.69. The number of amides is 1. The zero-order chi connectivity index (χ0) is 19.1. The molecule has 0 radical (unpaired) electrons. The van der Waals surface area contributed by atoms with Gasteiger partial charge in [0.05, 0.1) is 17.1 Å². The predicted octanol–water partition coefficient (Wildman–Crippen LogP) is 4.82. The summed E-state index contributed by atoms with van der Waals surface area (Å²) in [5, 5.41) is 5.13. The Kier molecular flexibility index (Phi) is 4.46. The van der Waals surface area contributed by atoms with Crippen molar-refractivity contribution in [1.29, 1.82) is 0 Å². The molecule has 1 aromatic carbocycles. The SMILES string of the molecule is Cc1ccc2nc(C)c(C)c(C(=O)N3CCCC[C@@H]3c3cc(C)on3)c2c1. The number of carbonyl (C=O) groups excluding carboxylic acids is 1. The minimum atomic E-state index is -0.0311. The average molecular weight is 363 g/mol. The van der Waals surface area contributed by atoms with Gasteiger partial charge in [0.15, 0.2) is 0 Å². The van der Waals surface area contributed by atoms with E-state index in [0.717, 1.165) is 70.5 Å². The number of likely N-dealkylation sites (tertiary alicyclic amines) is 1. The van der Waals surface area contributed by atoms with E-state index in [1.165, 1.54) is 0 Å². The topological polar surface area (TPSA) is 59.2 Å². The Balaban J connectivity index is 1.83. The molecule has 3 heterocycles. The first-order valence-corrected chi connectivity index (χ1v) is 9.57. The Morgan fingerprint density at radius 1 is 1.15 bits per heavy atom. The van der Waals surface area contributed by atoms with Crippen LogP contribution in [0, 0.1) is 27.7 Å². The smallest absolute Gasteiger partial charge is 0.255 e. The van der Waals surface area contributed by atoms with Gasteiger partial charge in [-0.15, -0.1) is 0 Å². The van der Waals surface area contributed by atoms with Crippen LogP contribution in [0.4, 0.5) is 0 Å². The van der Waals surface area contributed by atoms with Crippen LogP contribution in [0.5, 0.6) is 0 Å². The van der Waals surface area contributed by atoms with E-state index in [2.05, 4.69) is 16.2 Å². The van der Waals surface area contributed by atoms with E-state index >= 15 is 0 Å². The molecule has 0 spiro atoms. The van der Waals surface area contributed by atoms with Crippen molar-refractivity contribution in [2.45, 2.75) is 53.0 Å². The molecular formula is C22H25N3O2. The zero-order valence-corrected chi connectivity index (χ0v) is 16.4. The second-order valence-electron chi connectivity index (χ2n) is 7.59. The van der Waals surface area contributed by atoms with Gasteiger partial charge >= 0.3 is 0 Å². The van der Waals surface area contributed by atoms with Crippen LogP contribution in [-0.2, 0) is 0 Å². The molecule has 3 aromatic rings. The second-order valence-corrected chi connectivity index (χ2v) is 7.59. The van der Waals surface area contributed by atoms with Crippen molar-refractivity contribution < 1.29 is 9.32 Å². The van der Waals surface area contributed by atoms with Crippen LogP contribution in [0.25, 0.3) is 10.9 Å². The monoisotopic (exact) mass is 363 g/mol. The summed E-state index contributed by atoms with van der Waals surface area (Å²) in [6.07, 6.45) is 3.02. The van der Waals surface area contributed by atoms with Crippen LogP contribution in [-0.4, -0.2) is 27.5 Å². The molecule has 0 saturated carbocycles. The fraction of sp³-hybridized carbons (Fsp3) is 0.409. The highest BCUT2D eigenvalue weighted by Gasteiger charge is 2.32. The van der Waals surface area contributed by atoms with Crippen molar-refractivity contribution in [3.05, 3.63) is 58.1 Å². The van der Waals surface area contributed by atoms with E-state index in [-0.39, 0.29) is 11.9 Å². The molecule has 1 fully saturated rings. The van der Waals surface area contributed by atoms with Crippen LogP contribution in [0.3, 0.4) is 0 Å². The number of benzene rings is 1. The van der Waals surface area contributed by atoms with Gasteiger partial charge in [-0.05, 0) is 64.7 Å². The third-order valence-corrected chi connectivity index (χ3v) is 5.59. The molecule has 1 aliphatic rings. The van der Waals surface area contributed by atoms with Crippen molar-refractivity contribution in [3.8, 4) is 0 Å². The van der Waals surface area contributed by atoms with Crippen molar-refractivity contribution in [2.24, 2.45) is 0 Å². The van der Waals surface area contributed by atoms with E-state index in [9.17, 15) is 4.79 Å². The quantitative estimate of drug-likeness (QED) is 0.655. The number of fused-ring (bicyclic) bond motifs is 1. The minimum Gasteiger partial charge on any atom is -0.361 e. The zero-order valence-electron chi connectivity index (χ0n) is 16.4. The van der Waals surface area contributed by atoms with Gasteiger partial charge in [-0.1, -0.05) is 16.8 Å². The van der Waals surface area contributed by atoms with E-state index < -0.39 is 0 Å². The molecule has 1 amide bonds. The summed E-state index contributed by atoms with van der Waals surface area (Å²) < 4.78 is 5.28. The highest BCUT2D eigenvalue weighted by molar-refractivity contribution is 6.08. The molecule has 5 heteroatoms. The largest absolute Gasteiger partial charge is 0.361 e. The molecule has 0 bridgehead atoms. The van der Waals surface area contributed by atoms with Gasteiger partial charge in [0.2, 0.25) is 0 Å². The Morgan fingerprint density at radius 3 is 2.70 bits per heavy atom. The van der Waals surface area contributed by atoms with Gasteiger partial charge < -0.3 is 9.42 Å². The molecule has 27 heavy (non-hydrogen) atoms. The van der Waals surface area contributed by atoms with Gasteiger partial charge in [-0.3, -0.25) is 9.78 Å². The number of piperidine rings is 1. The number of pyridine rings is 1. The number of rotatable bonds is 2. The average Bonchev–Trinajstić information content (AvgIpc) is 3.09. The van der Waals surface area contributed by atoms with Crippen LogP contribution >= 0.6 is 0 Å². The van der Waals surface area contributed by atoms with Gasteiger partial charge in [0.25, 0.3) is 5.91 Å². The first kappa shape index (κ1) is 17.7. The van der Waals surface area contributed by atoms with Gasteiger partial charge in [-0.25, -0.2) is 0 Å². The fourth-order valence-electron chi connectivity index (χ4n) is 4.04. The van der Waals surface area contributed by atoms with Crippen molar-refractivity contribution >= 4 is 16.8 Å². The van der Waals surface area contributed by atoms with Gasteiger partial charge in [0, 0.05) is 23.7 Å². The maximum Gasteiger partial charge on any atom is 0.255 e. The summed E-state index contributed by atoms with van der Waals surface area (Å²) in [6, 6.07) is 8.03. The maximum absolute atomic E-state index is 13.7.